The van der Waals surface area contributed by atoms with Crippen LogP contribution in [0.5, 0.6) is 0 Å². The summed E-state index contributed by atoms with van der Waals surface area (Å²) in [5.74, 6) is 0.585. The van der Waals surface area contributed by atoms with E-state index in [1.807, 2.05) is 0 Å². The van der Waals surface area contributed by atoms with Crippen molar-refractivity contribution in [2.75, 3.05) is 20.1 Å². The average molecular weight is 262 g/mol. The second kappa shape index (κ2) is 8.34. The van der Waals surface area contributed by atoms with Crippen LogP contribution < -0.4 is 5.73 Å². The van der Waals surface area contributed by atoms with Crippen LogP contribution in [0.15, 0.2) is 24.3 Å². The zero-order chi connectivity index (χ0) is 14.3. The predicted molar refractivity (Wildman–Crippen MR) is 84.5 cm³/mol. The van der Waals surface area contributed by atoms with Gasteiger partial charge in [-0.15, -0.1) is 0 Å². The summed E-state index contributed by atoms with van der Waals surface area (Å²) in [5.41, 5.74) is 8.91. The van der Waals surface area contributed by atoms with Gasteiger partial charge in [0.05, 0.1) is 0 Å². The van der Waals surface area contributed by atoms with Crippen molar-refractivity contribution in [1.29, 1.82) is 0 Å². The summed E-state index contributed by atoms with van der Waals surface area (Å²) >= 11 is 0. The first kappa shape index (κ1) is 16.2. The molecule has 1 rings (SSSR count). The van der Waals surface area contributed by atoms with Crippen molar-refractivity contribution >= 4 is 0 Å². The lowest BCUT2D eigenvalue weighted by atomic mass is 9.99. The van der Waals surface area contributed by atoms with Crippen molar-refractivity contribution in [1.82, 2.24) is 4.90 Å². The Balaban J connectivity index is 2.46. The zero-order valence-corrected chi connectivity index (χ0v) is 13.0. The van der Waals surface area contributed by atoms with E-state index in [1.54, 1.807) is 0 Å². The van der Waals surface area contributed by atoms with E-state index >= 15 is 0 Å². The number of nitrogens with zero attached hydrogens (tertiary/aromatic N) is 1. The minimum absolute atomic E-state index is 0.118. The van der Waals surface area contributed by atoms with Gasteiger partial charge in [-0.2, -0.15) is 0 Å². The molecule has 0 spiro atoms. The highest BCUT2D eigenvalue weighted by Crippen LogP contribution is 2.18. The van der Waals surface area contributed by atoms with Crippen LogP contribution in [0.4, 0.5) is 0 Å². The fraction of sp³-hybridized carbons (Fsp3) is 0.647. The number of nitrogens with two attached hydrogens (primary N) is 1. The maximum absolute atomic E-state index is 6.28. The van der Waals surface area contributed by atoms with Gasteiger partial charge in [-0.3, -0.25) is 0 Å². The largest absolute Gasteiger partial charge is 0.323 e. The quantitative estimate of drug-likeness (QED) is 0.719. The summed E-state index contributed by atoms with van der Waals surface area (Å²) in [6.07, 6.45) is 3.85. The molecule has 0 aliphatic carbocycles. The number of hydrogen-bond donors (Lipinski definition) is 1. The standard InChI is InChI=1S/C17H30N2/c1-5-6-7-12-19(4)13-17(18)16-10-8-15(9-11-16)14(2)3/h8-11,14,17H,5-7,12-13,18H2,1-4H3. The van der Waals surface area contributed by atoms with E-state index in [0.29, 0.717) is 5.92 Å². The Morgan fingerprint density at radius 1 is 1.05 bits per heavy atom. The summed E-state index contributed by atoms with van der Waals surface area (Å²) in [4.78, 5) is 2.34. The molecule has 2 nitrogen and oxygen atoms in total. The lowest BCUT2D eigenvalue weighted by Gasteiger charge is -2.21. The third kappa shape index (κ3) is 5.75. The van der Waals surface area contributed by atoms with Gasteiger partial charge in [-0.25, -0.2) is 0 Å². The number of benzene rings is 1. The summed E-state index contributed by atoms with van der Waals surface area (Å²) in [6.45, 7) is 8.76. The van der Waals surface area contributed by atoms with Gasteiger partial charge in [-0.05, 0) is 37.1 Å². The fourth-order valence-electron chi connectivity index (χ4n) is 2.29. The van der Waals surface area contributed by atoms with Crippen LogP contribution in [0.25, 0.3) is 0 Å². The number of rotatable bonds is 8. The molecule has 0 fully saturated rings. The summed E-state index contributed by atoms with van der Waals surface area (Å²) < 4.78 is 0. The lowest BCUT2D eigenvalue weighted by Crippen LogP contribution is -2.29. The molecule has 1 unspecified atom stereocenters. The zero-order valence-electron chi connectivity index (χ0n) is 13.0. The van der Waals surface area contributed by atoms with Gasteiger partial charge in [0.25, 0.3) is 0 Å². The SMILES string of the molecule is CCCCCN(C)CC(N)c1ccc(C(C)C)cc1. The first-order valence-corrected chi connectivity index (χ1v) is 7.58. The second-order valence-electron chi connectivity index (χ2n) is 5.90. The molecule has 0 heterocycles. The molecule has 2 N–H and O–H groups in total. The summed E-state index contributed by atoms with van der Waals surface area (Å²) in [5, 5.41) is 0. The second-order valence-corrected chi connectivity index (χ2v) is 5.90. The van der Waals surface area contributed by atoms with E-state index in [9.17, 15) is 0 Å². The van der Waals surface area contributed by atoms with Gasteiger partial charge in [0.2, 0.25) is 0 Å². The fourth-order valence-corrected chi connectivity index (χ4v) is 2.29. The maximum Gasteiger partial charge on any atom is 0.0424 e. The molecule has 1 atom stereocenters. The van der Waals surface area contributed by atoms with Gasteiger partial charge in [0.15, 0.2) is 0 Å². The van der Waals surface area contributed by atoms with Gasteiger partial charge < -0.3 is 10.6 Å². The first-order valence-electron chi connectivity index (χ1n) is 7.58. The summed E-state index contributed by atoms with van der Waals surface area (Å²) in [6, 6.07) is 8.89. The Morgan fingerprint density at radius 3 is 2.16 bits per heavy atom. The molecule has 0 saturated carbocycles. The molecule has 0 radical (unpaired) electrons. The molecular formula is C17H30N2. The molecule has 19 heavy (non-hydrogen) atoms. The van der Waals surface area contributed by atoms with Gasteiger partial charge in [-0.1, -0.05) is 57.9 Å². The lowest BCUT2D eigenvalue weighted by molar-refractivity contribution is 0.305. The van der Waals surface area contributed by atoms with E-state index in [0.717, 1.165) is 13.1 Å². The third-order valence-corrected chi connectivity index (χ3v) is 3.68. The Bertz CT molecular complexity index is 343. The number of unbranched alkanes of at least 4 members (excludes halogenated alkanes) is 2. The Hall–Kier alpha value is -0.860. The molecule has 0 bridgehead atoms. The van der Waals surface area contributed by atoms with Crippen molar-refractivity contribution in [3.05, 3.63) is 35.4 Å². The van der Waals surface area contributed by atoms with E-state index in [-0.39, 0.29) is 6.04 Å². The highest BCUT2D eigenvalue weighted by Gasteiger charge is 2.09. The maximum atomic E-state index is 6.28. The summed E-state index contributed by atoms with van der Waals surface area (Å²) in [7, 11) is 2.16. The van der Waals surface area contributed by atoms with Crippen LogP contribution in [0.3, 0.4) is 0 Å². The minimum Gasteiger partial charge on any atom is -0.323 e. The van der Waals surface area contributed by atoms with Crippen LogP contribution in [0.2, 0.25) is 0 Å². The van der Waals surface area contributed by atoms with Crippen LogP contribution in [-0.2, 0) is 0 Å². The molecule has 108 valence electrons. The topological polar surface area (TPSA) is 29.3 Å². The predicted octanol–water partition coefficient (Wildman–Crippen LogP) is 3.93. The Labute approximate surface area is 119 Å². The Morgan fingerprint density at radius 2 is 1.63 bits per heavy atom. The first-order chi connectivity index (χ1) is 9.04. The van der Waals surface area contributed by atoms with E-state index in [4.69, 9.17) is 5.73 Å². The number of hydrogen-bond acceptors (Lipinski definition) is 2. The molecule has 1 aromatic rings. The van der Waals surface area contributed by atoms with Gasteiger partial charge >= 0.3 is 0 Å². The Kier molecular flexibility index (Phi) is 7.11. The molecule has 2 heteroatoms. The van der Waals surface area contributed by atoms with Crippen LogP contribution in [0.1, 0.15) is 63.1 Å². The molecule has 0 aliphatic heterocycles. The molecule has 0 aliphatic rings. The van der Waals surface area contributed by atoms with Crippen molar-refractivity contribution in [3.8, 4) is 0 Å². The molecular weight excluding hydrogens is 232 g/mol. The third-order valence-electron chi connectivity index (χ3n) is 3.68. The van der Waals surface area contributed by atoms with Gasteiger partial charge in [0, 0.05) is 12.6 Å². The smallest absolute Gasteiger partial charge is 0.0424 e. The van der Waals surface area contributed by atoms with Crippen molar-refractivity contribution in [2.24, 2.45) is 5.73 Å². The normalized spacial score (nSPS) is 13.2. The highest BCUT2D eigenvalue weighted by molar-refractivity contribution is 5.26. The van der Waals surface area contributed by atoms with E-state index < -0.39 is 0 Å². The number of likely N-dealkylation sites (N-methyl/N-ethyl adjacent to an activating group) is 1. The van der Waals surface area contributed by atoms with E-state index in [1.165, 1.54) is 30.4 Å². The van der Waals surface area contributed by atoms with Crippen LogP contribution in [0, 0.1) is 0 Å². The van der Waals surface area contributed by atoms with E-state index in [2.05, 4.69) is 57.0 Å². The van der Waals surface area contributed by atoms with Crippen molar-refractivity contribution < 1.29 is 0 Å². The van der Waals surface area contributed by atoms with Crippen LogP contribution >= 0.6 is 0 Å². The molecule has 1 aromatic carbocycles. The van der Waals surface area contributed by atoms with Gasteiger partial charge in [0.1, 0.15) is 0 Å². The molecule has 0 saturated heterocycles. The van der Waals surface area contributed by atoms with Crippen molar-refractivity contribution in [2.45, 2.75) is 52.0 Å². The van der Waals surface area contributed by atoms with Crippen LogP contribution in [-0.4, -0.2) is 25.0 Å². The van der Waals surface area contributed by atoms with Crippen molar-refractivity contribution in [3.63, 3.8) is 0 Å². The minimum atomic E-state index is 0.118. The monoisotopic (exact) mass is 262 g/mol. The highest BCUT2D eigenvalue weighted by atomic mass is 15.1. The molecule has 0 amide bonds. The molecule has 0 aromatic heterocycles. The average Bonchev–Trinajstić information content (AvgIpc) is 2.39.